The van der Waals surface area contributed by atoms with Crippen LogP contribution in [0.25, 0.3) is 22.0 Å². The lowest BCUT2D eigenvalue weighted by molar-refractivity contribution is -0.115. The zero-order valence-corrected chi connectivity index (χ0v) is 18.7. The first kappa shape index (κ1) is 21.7. The van der Waals surface area contributed by atoms with Crippen molar-refractivity contribution >= 4 is 28.4 Å². The number of aromatic nitrogens is 3. The van der Waals surface area contributed by atoms with Crippen LogP contribution in [0.2, 0.25) is 0 Å². The van der Waals surface area contributed by atoms with Crippen LogP contribution in [-0.4, -0.2) is 59.6 Å². The molecule has 0 aliphatic carbocycles. The smallest absolute Gasteiger partial charge is 0.230 e. The minimum Gasteiger partial charge on any atom is -0.486 e. The molecular formula is C25H25N5O4. The SMILES string of the molecule is CN(CCO)c1ccc(-c2ccc3[nH]nc(NC(=O)Cc4ccc5c(c4)OCCO5)c3c2)cn1. The highest BCUT2D eigenvalue weighted by molar-refractivity contribution is 6.01. The standard InChI is InChI=1S/C25H25N5O4/c1-30(8-9-31)23-7-4-18(15-26-23)17-3-5-20-19(14-17)25(29-28-20)27-24(32)13-16-2-6-21-22(12-16)34-11-10-33-21/h2-7,12,14-15,31H,8-11,13H2,1H3,(H2,27,28,29,32). The molecule has 2 aromatic carbocycles. The van der Waals surface area contributed by atoms with E-state index in [9.17, 15) is 4.79 Å². The second-order valence-corrected chi connectivity index (χ2v) is 8.09. The third kappa shape index (κ3) is 4.51. The molecule has 1 amide bonds. The van der Waals surface area contributed by atoms with Gasteiger partial charge in [0.15, 0.2) is 17.3 Å². The van der Waals surface area contributed by atoms with Gasteiger partial charge in [-0.3, -0.25) is 9.89 Å². The van der Waals surface area contributed by atoms with Gasteiger partial charge >= 0.3 is 0 Å². The predicted molar refractivity (Wildman–Crippen MR) is 129 cm³/mol. The summed E-state index contributed by atoms with van der Waals surface area (Å²) in [5, 5.41) is 20.1. The summed E-state index contributed by atoms with van der Waals surface area (Å²) in [5.74, 6) is 2.45. The van der Waals surface area contributed by atoms with E-state index >= 15 is 0 Å². The number of benzene rings is 2. The van der Waals surface area contributed by atoms with Crippen molar-refractivity contribution in [3.63, 3.8) is 0 Å². The molecule has 5 rings (SSSR count). The molecule has 34 heavy (non-hydrogen) atoms. The molecule has 9 nitrogen and oxygen atoms in total. The average molecular weight is 460 g/mol. The summed E-state index contributed by atoms with van der Waals surface area (Å²) in [4.78, 5) is 19.1. The summed E-state index contributed by atoms with van der Waals surface area (Å²) in [6, 6.07) is 15.3. The molecular weight excluding hydrogens is 434 g/mol. The minimum atomic E-state index is -0.173. The third-order valence-corrected chi connectivity index (χ3v) is 5.70. The Morgan fingerprint density at radius 2 is 1.91 bits per heavy atom. The monoisotopic (exact) mass is 459 g/mol. The Balaban J connectivity index is 1.32. The van der Waals surface area contributed by atoms with Crippen molar-refractivity contribution in [2.45, 2.75) is 6.42 Å². The number of aliphatic hydroxyl groups is 1. The van der Waals surface area contributed by atoms with Crippen LogP contribution in [0.3, 0.4) is 0 Å². The van der Waals surface area contributed by atoms with Crippen LogP contribution in [-0.2, 0) is 11.2 Å². The van der Waals surface area contributed by atoms with Gasteiger partial charge in [-0.15, -0.1) is 0 Å². The molecule has 0 saturated carbocycles. The van der Waals surface area contributed by atoms with Crippen LogP contribution in [0, 0.1) is 0 Å². The second-order valence-electron chi connectivity index (χ2n) is 8.09. The van der Waals surface area contributed by atoms with Crippen molar-refractivity contribution in [3.05, 3.63) is 60.3 Å². The molecule has 9 heteroatoms. The summed E-state index contributed by atoms with van der Waals surface area (Å²) in [7, 11) is 1.88. The number of amides is 1. The average Bonchev–Trinajstić information content (AvgIpc) is 3.26. The molecule has 0 bridgehead atoms. The number of carbonyl (C=O) groups is 1. The van der Waals surface area contributed by atoms with Crippen LogP contribution in [0.15, 0.2) is 54.7 Å². The number of likely N-dealkylation sites (N-methyl/N-ethyl adjacent to an activating group) is 1. The van der Waals surface area contributed by atoms with Crippen LogP contribution in [0.4, 0.5) is 11.6 Å². The quantitative estimate of drug-likeness (QED) is 0.389. The molecule has 1 aliphatic heterocycles. The van der Waals surface area contributed by atoms with E-state index in [0.29, 0.717) is 37.1 Å². The summed E-state index contributed by atoms with van der Waals surface area (Å²) in [6.07, 6.45) is 1.99. The highest BCUT2D eigenvalue weighted by Crippen LogP contribution is 2.31. The van der Waals surface area contributed by atoms with E-state index in [2.05, 4.69) is 20.5 Å². The van der Waals surface area contributed by atoms with Crippen LogP contribution in [0.1, 0.15) is 5.56 Å². The van der Waals surface area contributed by atoms with Gasteiger partial charge in [-0.05, 0) is 47.5 Å². The highest BCUT2D eigenvalue weighted by Gasteiger charge is 2.15. The Bertz CT molecular complexity index is 1320. The first-order valence-corrected chi connectivity index (χ1v) is 11.1. The van der Waals surface area contributed by atoms with E-state index in [-0.39, 0.29) is 18.9 Å². The number of aromatic amines is 1. The van der Waals surface area contributed by atoms with E-state index in [1.165, 1.54) is 0 Å². The lowest BCUT2D eigenvalue weighted by Crippen LogP contribution is -2.21. The maximum absolute atomic E-state index is 12.7. The van der Waals surface area contributed by atoms with Crippen molar-refractivity contribution in [1.29, 1.82) is 0 Å². The van der Waals surface area contributed by atoms with Gasteiger partial charge in [-0.1, -0.05) is 12.1 Å². The molecule has 3 N–H and O–H groups in total. The predicted octanol–water partition coefficient (Wildman–Crippen LogP) is 3.01. The van der Waals surface area contributed by atoms with E-state index in [1.54, 1.807) is 6.20 Å². The van der Waals surface area contributed by atoms with Crippen molar-refractivity contribution in [2.75, 3.05) is 43.6 Å². The summed E-state index contributed by atoms with van der Waals surface area (Å²) in [5.41, 5.74) is 3.56. The lowest BCUT2D eigenvalue weighted by atomic mass is 10.1. The van der Waals surface area contributed by atoms with E-state index in [4.69, 9.17) is 14.6 Å². The van der Waals surface area contributed by atoms with Crippen LogP contribution in [0.5, 0.6) is 11.5 Å². The zero-order valence-electron chi connectivity index (χ0n) is 18.7. The van der Waals surface area contributed by atoms with E-state index in [1.807, 2.05) is 60.5 Å². The van der Waals surface area contributed by atoms with Gasteiger partial charge < -0.3 is 24.8 Å². The molecule has 0 spiro atoms. The molecule has 2 aromatic heterocycles. The Labute approximate surface area is 196 Å². The fourth-order valence-corrected chi connectivity index (χ4v) is 3.90. The number of fused-ring (bicyclic) bond motifs is 2. The summed E-state index contributed by atoms with van der Waals surface area (Å²) < 4.78 is 11.1. The molecule has 0 saturated heterocycles. The molecule has 3 heterocycles. The number of hydrogen-bond acceptors (Lipinski definition) is 7. The number of pyridine rings is 1. The molecule has 0 fully saturated rings. The Morgan fingerprint density at radius 1 is 1.09 bits per heavy atom. The molecule has 0 radical (unpaired) electrons. The number of aliphatic hydroxyl groups excluding tert-OH is 1. The van der Waals surface area contributed by atoms with Crippen molar-refractivity contribution in [3.8, 4) is 22.6 Å². The Hall–Kier alpha value is -4.11. The van der Waals surface area contributed by atoms with E-state index in [0.717, 1.165) is 33.4 Å². The maximum atomic E-state index is 12.7. The molecule has 0 unspecified atom stereocenters. The second kappa shape index (κ2) is 9.40. The number of anilines is 2. The Kier molecular flexibility index (Phi) is 6.01. The fraction of sp³-hybridized carbons (Fsp3) is 0.240. The van der Waals surface area contributed by atoms with Crippen LogP contribution < -0.4 is 19.7 Å². The van der Waals surface area contributed by atoms with Crippen molar-refractivity contribution in [1.82, 2.24) is 15.2 Å². The molecule has 1 aliphatic rings. The zero-order chi connectivity index (χ0) is 23.5. The van der Waals surface area contributed by atoms with Gasteiger partial charge in [0.1, 0.15) is 19.0 Å². The van der Waals surface area contributed by atoms with Crippen molar-refractivity contribution in [2.24, 2.45) is 0 Å². The summed E-state index contributed by atoms with van der Waals surface area (Å²) in [6.45, 7) is 1.62. The first-order valence-electron chi connectivity index (χ1n) is 11.1. The minimum absolute atomic E-state index is 0.0697. The number of carbonyl (C=O) groups excluding carboxylic acids is 1. The number of rotatable bonds is 7. The van der Waals surface area contributed by atoms with Gasteiger partial charge in [0, 0.05) is 30.7 Å². The number of hydrogen-bond donors (Lipinski definition) is 3. The maximum Gasteiger partial charge on any atom is 0.230 e. The van der Waals surface area contributed by atoms with E-state index < -0.39 is 0 Å². The number of nitrogens with zero attached hydrogens (tertiary/aromatic N) is 3. The van der Waals surface area contributed by atoms with Crippen molar-refractivity contribution < 1.29 is 19.4 Å². The van der Waals surface area contributed by atoms with Crippen LogP contribution >= 0.6 is 0 Å². The molecule has 4 aromatic rings. The van der Waals surface area contributed by atoms with Gasteiger partial charge in [0.25, 0.3) is 0 Å². The molecule has 0 atom stereocenters. The van der Waals surface area contributed by atoms with Gasteiger partial charge in [0.05, 0.1) is 18.5 Å². The topological polar surface area (TPSA) is 113 Å². The highest BCUT2D eigenvalue weighted by atomic mass is 16.6. The third-order valence-electron chi connectivity index (χ3n) is 5.70. The largest absolute Gasteiger partial charge is 0.486 e. The van der Waals surface area contributed by atoms with Gasteiger partial charge in [-0.2, -0.15) is 5.10 Å². The first-order chi connectivity index (χ1) is 16.6. The van der Waals surface area contributed by atoms with Gasteiger partial charge in [0.2, 0.25) is 5.91 Å². The number of ether oxygens (including phenoxy) is 2. The number of nitrogens with one attached hydrogen (secondary N) is 2. The molecule has 174 valence electrons. The fourth-order valence-electron chi connectivity index (χ4n) is 3.90. The lowest BCUT2D eigenvalue weighted by Gasteiger charge is -2.18. The summed E-state index contributed by atoms with van der Waals surface area (Å²) >= 11 is 0. The normalized spacial score (nSPS) is 12.5. The number of H-pyrrole nitrogens is 1. The Morgan fingerprint density at radius 3 is 2.71 bits per heavy atom. The van der Waals surface area contributed by atoms with Gasteiger partial charge in [-0.25, -0.2) is 4.98 Å².